The van der Waals surface area contributed by atoms with Crippen LogP contribution in [0.3, 0.4) is 0 Å². The molecular formula is C19H39BS. The molecule has 124 valence electrons. The quantitative estimate of drug-likeness (QED) is 0.372. The van der Waals surface area contributed by atoms with E-state index in [9.17, 15) is 0 Å². The zero-order chi connectivity index (χ0) is 15.0. The third-order valence-corrected chi connectivity index (χ3v) is 11.0. The zero-order valence-electron chi connectivity index (χ0n) is 14.9. The maximum atomic E-state index is 2.64. The van der Waals surface area contributed by atoms with E-state index in [0.29, 0.717) is 0 Å². The van der Waals surface area contributed by atoms with E-state index in [4.69, 9.17) is 0 Å². The molecule has 1 heterocycles. The van der Waals surface area contributed by atoms with Crippen LogP contribution in [0.25, 0.3) is 0 Å². The molecule has 21 heavy (non-hydrogen) atoms. The van der Waals surface area contributed by atoms with E-state index in [1.807, 2.05) is 0 Å². The summed E-state index contributed by atoms with van der Waals surface area (Å²) in [5, 5.41) is 1.10. The Labute approximate surface area is 136 Å². The van der Waals surface area contributed by atoms with Gasteiger partial charge in [-0.05, 0) is 42.3 Å². The van der Waals surface area contributed by atoms with Gasteiger partial charge >= 0.3 is 0 Å². The molecule has 0 spiro atoms. The molecule has 1 saturated carbocycles. The van der Waals surface area contributed by atoms with E-state index in [2.05, 4.69) is 13.2 Å². The van der Waals surface area contributed by atoms with Crippen molar-refractivity contribution in [1.82, 2.24) is 0 Å². The van der Waals surface area contributed by atoms with Gasteiger partial charge in [-0.2, -0.15) is 0 Å². The van der Waals surface area contributed by atoms with Gasteiger partial charge in [-0.25, -0.2) is 10.0 Å². The standard InChI is InChI=1S/C19H39BS/c1-3-19(21(2)16-11-17-21)14-9-10-15-20-18-12-7-5-4-6-8-13-18/h18-20H,3-17H2,1-2H3. The summed E-state index contributed by atoms with van der Waals surface area (Å²) in [5.41, 5.74) is 0. The Hall–Kier alpha value is 0.415. The van der Waals surface area contributed by atoms with E-state index in [0.717, 1.165) is 11.1 Å². The fourth-order valence-electron chi connectivity index (χ4n) is 4.64. The molecule has 0 aromatic rings. The molecule has 2 rings (SSSR count). The third kappa shape index (κ3) is 5.85. The van der Waals surface area contributed by atoms with Gasteiger partial charge in [-0.3, -0.25) is 0 Å². The first kappa shape index (κ1) is 17.8. The van der Waals surface area contributed by atoms with E-state index >= 15 is 0 Å². The molecule has 1 aliphatic carbocycles. The van der Waals surface area contributed by atoms with Crippen LogP contribution < -0.4 is 0 Å². The molecule has 1 saturated heterocycles. The predicted molar refractivity (Wildman–Crippen MR) is 104 cm³/mol. The van der Waals surface area contributed by atoms with Crippen molar-refractivity contribution in [3.63, 3.8) is 0 Å². The van der Waals surface area contributed by atoms with Gasteiger partial charge in [0.25, 0.3) is 0 Å². The summed E-state index contributed by atoms with van der Waals surface area (Å²) in [6.45, 7) is 2.44. The largest absolute Gasteiger partial charge is 0.241 e. The molecule has 0 N–H and O–H groups in total. The van der Waals surface area contributed by atoms with Crippen molar-refractivity contribution in [1.29, 1.82) is 0 Å². The van der Waals surface area contributed by atoms with Crippen LogP contribution in [-0.2, 0) is 0 Å². The van der Waals surface area contributed by atoms with Crippen molar-refractivity contribution < 1.29 is 0 Å². The Morgan fingerprint density at radius 3 is 2.19 bits per heavy atom. The van der Waals surface area contributed by atoms with Crippen molar-refractivity contribution in [2.75, 3.05) is 17.8 Å². The number of rotatable bonds is 8. The summed E-state index contributed by atoms with van der Waals surface area (Å²) >= 11 is 0. The van der Waals surface area contributed by atoms with Gasteiger partial charge in [0.05, 0.1) is 0 Å². The van der Waals surface area contributed by atoms with Crippen LogP contribution in [0.1, 0.15) is 84.0 Å². The second-order valence-corrected chi connectivity index (χ2v) is 12.2. The first-order valence-electron chi connectivity index (χ1n) is 9.97. The summed E-state index contributed by atoms with van der Waals surface area (Å²) in [7, 11) is 1.40. The van der Waals surface area contributed by atoms with Crippen LogP contribution in [0.4, 0.5) is 0 Å². The molecule has 0 nitrogen and oxygen atoms in total. The van der Waals surface area contributed by atoms with E-state index in [1.54, 1.807) is 38.0 Å². The van der Waals surface area contributed by atoms with Crippen molar-refractivity contribution >= 4 is 17.3 Å². The Kier molecular flexibility index (Phi) is 8.06. The zero-order valence-corrected chi connectivity index (χ0v) is 15.7. The molecule has 2 heteroatoms. The lowest BCUT2D eigenvalue weighted by molar-refractivity contribution is 0.500. The monoisotopic (exact) mass is 310 g/mol. The molecule has 2 fully saturated rings. The molecular weight excluding hydrogens is 271 g/mol. The molecule has 0 radical (unpaired) electrons. The molecule has 0 bridgehead atoms. The second-order valence-electron chi connectivity index (χ2n) is 7.99. The molecule has 0 amide bonds. The predicted octanol–water partition coefficient (Wildman–Crippen LogP) is 6.16. The maximum absolute atomic E-state index is 2.64. The molecule has 1 unspecified atom stereocenters. The Balaban J connectivity index is 1.54. The van der Waals surface area contributed by atoms with Gasteiger partial charge in [0.1, 0.15) is 7.28 Å². The lowest BCUT2D eigenvalue weighted by atomic mass is 9.57. The highest BCUT2D eigenvalue weighted by molar-refractivity contribution is 8.34. The van der Waals surface area contributed by atoms with Gasteiger partial charge in [-0.15, -0.1) is 0 Å². The smallest absolute Gasteiger partial charge is 0.124 e. The van der Waals surface area contributed by atoms with Gasteiger partial charge in [0, 0.05) is 0 Å². The van der Waals surface area contributed by atoms with Gasteiger partial charge in [0.2, 0.25) is 0 Å². The fraction of sp³-hybridized carbons (Fsp3) is 1.00. The van der Waals surface area contributed by atoms with Crippen molar-refractivity contribution in [3.05, 3.63) is 0 Å². The lowest BCUT2D eigenvalue weighted by Crippen LogP contribution is -2.30. The molecule has 1 atom stereocenters. The third-order valence-electron chi connectivity index (χ3n) is 6.34. The highest BCUT2D eigenvalue weighted by Crippen LogP contribution is 2.59. The average Bonchev–Trinajstić information content (AvgIpc) is 2.42. The first-order chi connectivity index (χ1) is 10.2. The van der Waals surface area contributed by atoms with Crippen LogP contribution in [0.2, 0.25) is 12.1 Å². The minimum absolute atomic E-state index is 0.146. The maximum Gasteiger partial charge on any atom is 0.124 e. The van der Waals surface area contributed by atoms with E-state index in [-0.39, 0.29) is 10.0 Å². The molecule has 1 aliphatic heterocycles. The van der Waals surface area contributed by atoms with E-state index in [1.165, 1.54) is 64.1 Å². The highest BCUT2D eigenvalue weighted by Gasteiger charge is 2.32. The minimum Gasteiger partial charge on any atom is -0.241 e. The molecule has 2 aliphatic rings. The van der Waals surface area contributed by atoms with Gasteiger partial charge in [-0.1, -0.05) is 76.8 Å². The SMILES string of the molecule is CCC(CCCCBC1CCCCCCC1)S1(C)CCC1. The number of hydrogen-bond acceptors (Lipinski definition) is 0. The Bertz CT molecular complexity index is 267. The Morgan fingerprint density at radius 1 is 0.952 bits per heavy atom. The molecule has 0 aromatic carbocycles. The summed E-state index contributed by atoms with van der Waals surface area (Å²) in [4.78, 5) is 0. The van der Waals surface area contributed by atoms with E-state index < -0.39 is 0 Å². The van der Waals surface area contributed by atoms with Gasteiger partial charge < -0.3 is 0 Å². The van der Waals surface area contributed by atoms with Crippen LogP contribution >= 0.6 is 10.0 Å². The number of unbranched alkanes of at least 4 members (excludes halogenated alkanes) is 1. The normalized spacial score (nSPS) is 26.2. The van der Waals surface area contributed by atoms with Gasteiger partial charge in [0.15, 0.2) is 0 Å². The fourth-order valence-corrected chi connectivity index (χ4v) is 8.04. The summed E-state index contributed by atoms with van der Waals surface area (Å²) in [5.74, 6) is 4.27. The number of hydrogen-bond donors (Lipinski definition) is 0. The Morgan fingerprint density at radius 2 is 1.62 bits per heavy atom. The van der Waals surface area contributed by atoms with Crippen LogP contribution in [0.5, 0.6) is 0 Å². The van der Waals surface area contributed by atoms with Crippen LogP contribution in [-0.4, -0.2) is 30.3 Å². The van der Waals surface area contributed by atoms with Crippen molar-refractivity contribution in [2.45, 2.75) is 101 Å². The minimum atomic E-state index is -0.146. The van der Waals surface area contributed by atoms with Crippen molar-refractivity contribution in [3.8, 4) is 0 Å². The summed E-state index contributed by atoms with van der Waals surface area (Å²) in [6, 6.07) is 0. The van der Waals surface area contributed by atoms with Crippen LogP contribution in [0.15, 0.2) is 0 Å². The topological polar surface area (TPSA) is 0 Å². The van der Waals surface area contributed by atoms with Crippen LogP contribution in [0, 0.1) is 0 Å². The lowest BCUT2D eigenvalue weighted by Gasteiger charge is -2.51. The summed E-state index contributed by atoms with van der Waals surface area (Å²) in [6.07, 6.45) is 22.4. The average molecular weight is 310 g/mol. The van der Waals surface area contributed by atoms with Crippen molar-refractivity contribution in [2.24, 2.45) is 0 Å². The second kappa shape index (κ2) is 9.53. The first-order valence-corrected chi connectivity index (χ1v) is 12.4. The highest BCUT2D eigenvalue weighted by atomic mass is 32.3. The summed E-state index contributed by atoms with van der Waals surface area (Å²) < 4.78 is 0. The molecule has 0 aromatic heterocycles.